The zero-order chi connectivity index (χ0) is 35.2. The van der Waals surface area contributed by atoms with E-state index in [1.54, 1.807) is 11.8 Å². The SMILES string of the molecule is CCOC(=O)c1c(CCO)[nH]c2c(F)c(N3CCN(CCCCn4c(=O)cc(Nc5ccc(C)c(CC)c5)[nH]c4=O)CC3)c(F)cc2c1=O. The molecule has 0 aliphatic carbocycles. The van der Waals surface area contributed by atoms with Crippen LogP contribution < -0.4 is 26.9 Å². The quantitative estimate of drug-likeness (QED) is 0.123. The van der Waals surface area contributed by atoms with Crippen LogP contribution in [0.15, 0.2) is 44.7 Å². The molecule has 5 rings (SSSR count). The number of piperazine rings is 1. The monoisotopic (exact) mass is 680 g/mol. The van der Waals surface area contributed by atoms with Gasteiger partial charge in [0.1, 0.15) is 22.9 Å². The van der Waals surface area contributed by atoms with Crippen molar-refractivity contribution in [3.63, 3.8) is 0 Å². The first-order valence-corrected chi connectivity index (χ1v) is 16.6. The molecule has 1 fully saturated rings. The summed E-state index contributed by atoms with van der Waals surface area (Å²) in [7, 11) is 0. The summed E-state index contributed by atoms with van der Waals surface area (Å²) in [5.41, 5.74) is 0.501. The number of pyridine rings is 1. The molecule has 2 aromatic heterocycles. The minimum absolute atomic E-state index is 0.00326. The predicted octanol–water partition coefficient (Wildman–Crippen LogP) is 3.58. The number of nitrogens with zero attached hydrogens (tertiary/aromatic N) is 3. The lowest BCUT2D eigenvalue weighted by Gasteiger charge is -2.36. The van der Waals surface area contributed by atoms with Gasteiger partial charge in [-0.2, -0.15) is 0 Å². The number of aliphatic hydroxyl groups excluding tert-OH is 1. The van der Waals surface area contributed by atoms with E-state index in [-0.39, 0.29) is 47.4 Å². The van der Waals surface area contributed by atoms with Crippen molar-refractivity contribution in [1.82, 2.24) is 19.4 Å². The molecule has 14 heteroatoms. The Kier molecular flexibility index (Phi) is 11.3. The van der Waals surface area contributed by atoms with Gasteiger partial charge < -0.3 is 25.0 Å². The average Bonchev–Trinajstić information content (AvgIpc) is 3.06. The highest BCUT2D eigenvalue weighted by Gasteiger charge is 2.28. The minimum atomic E-state index is -0.948. The summed E-state index contributed by atoms with van der Waals surface area (Å²) < 4.78 is 37.3. The van der Waals surface area contributed by atoms with Crippen molar-refractivity contribution >= 4 is 34.1 Å². The zero-order valence-corrected chi connectivity index (χ0v) is 28.0. The van der Waals surface area contributed by atoms with Gasteiger partial charge in [0.25, 0.3) is 5.56 Å². The van der Waals surface area contributed by atoms with Gasteiger partial charge in [-0.15, -0.1) is 0 Å². The second-order valence-electron chi connectivity index (χ2n) is 12.1. The van der Waals surface area contributed by atoms with Gasteiger partial charge in [-0.1, -0.05) is 13.0 Å². The summed E-state index contributed by atoms with van der Waals surface area (Å²) in [4.78, 5) is 60.3. The summed E-state index contributed by atoms with van der Waals surface area (Å²) in [5.74, 6) is -2.47. The highest BCUT2D eigenvalue weighted by molar-refractivity contribution is 5.96. The normalized spacial score (nSPS) is 13.6. The van der Waals surface area contributed by atoms with E-state index in [1.165, 1.54) is 21.8 Å². The maximum absolute atomic E-state index is 15.8. The fourth-order valence-corrected chi connectivity index (χ4v) is 6.29. The fraction of sp³-hybridized carbons (Fsp3) is 0.429. The Hall–Kier alpha value is -4.82. The highest BCUT2D eigenvalue weighted by atomic mass is 19.1. The number of halogens is 2. The number of rotatable bonds is 13. The number of hydrogen-bond donors (Lipinski definition) is 4. The summed E-state index contributed by atoms with van der Waals surface area (Å²) in [6, 6.07) is 8.19. The number of aryl methyl sites for hydroxylation is 2. The van der Waals surface area contributed by atoms with E-state index in [0.717, 1.165) is 18.2 Å². The number of aromatic nitrogens is 3. The molecule has 1 aliphatic heterocycles. The van der Waals surface area contributed by atoms with E-state index in [9.17, 15) is 24.3 Å². The molecule has 3 heterocycles. The van der Waals surface area contributed by atoms with Crippen molar-refractivity contribution < 1.29 is 23.4 Å². The van der Waals surface area contributed by atoms with Crippen LogP contribution in [0.2, 0.25) is 0 Å². The van der Waals surface area contributed by atoms with Gasteiger partial charge in [0.2, 0.25) is 5.43 Å². The summed E-state index contributed by atoms with van der Waals surface area (Å²) in [6.45, 7) is 7.87. The Balaban J connectivity index is 1.19. The van der Waals surface area contributed by atoms with E-state index in [2.05, 4.69) is 27.1 Å². The number of ether oxygens (including phenoxy) is 1. The van der Waals surface area contributed by atoms with Gasteiger partial charge in [0.05, 0.1) is 17.5 Å². The summed E-state index contributed by atoms with van der Waals surface area (Å²) in [5, 5.41) is 12.3. The number of anilines is 3. The van der Waals surface area contributed by atoms with E-state index in [1.807, 2.05) is 25.1 Å². The van der Waals surface area contributed by atoms with Gasteiger partial charge >= 0.3 is 11.7 Å². The minimum Gasteiger partial charge on any atom is -0.462 e. The number of carbonyl (C=O) groups is 1. The van der Waals surface area contributed by atoms with Crippen LogP contribution in [0.1, 0.15) is 53.9 Å². The van der Waals surface area contributed by atoms with Crippen LogP contribution in [0.3, 0.4) is 0 Å². The molecule has 262 valence electrons. The molecule has 1 saturated heterocycles. The molecule has 0 atom stereocenters. The number of unbranched alkanes of at least 4 members (excludes halogenated alkanes) is 1. The van der Waals surface area contributed by atoms with E-state index in [0.29, 0.717) is 51.4 Å². The van der Waals surface area contributed by atoms with Gasteiger partial charge in [-0.05, 0) is 69.0 Å². The smallest absolute Gasteiger partial charge is 0.343 e. The number of carbonyl (C=O) groups excluding carboxylic acids is 1. The van der Waals surface area contributed by atoms with Crippen LogP contribution in [0.4, 0.5) is 26.0 Å². The molecule has 0 amide bonds. The van der Waals surface area contributed by atoms with Crippen molar-refractivity contribution in [2.45, 2.75) is 53.0 Å². The predicted molar refractivity (Wildman–Crippen MR) is 184 cm³/mol. The molecule has 0 radical (unpaired) electrons. The van der Waals surface area contributed by atoms with Gasteiger partial charge in [-0.3, -0.25) is 24.0 Å². The molecular formula is C35H42F2N6O6. The molecule has 12 nitrogen and oxygen atoms in total. The molecule has 0 unspecified atom stereocenters. The molecule has 0 saturated carbocycles. The molecule has 4 aromatic rings. The standard InChI is InChI=1S/C35H42F2N6O6/c1-4-22-18-23(9-8-21(22)3)38-27-20-28(45)43(35(48)40-27)12-7-6-11-41-13-15-42(16-14-41)32-25(36)19-24-31(30(32)37)39-26(10-17-44)29(33(24)46)34(47)49-5-2/h8-9,18-20,38,44H,4-7,10-17H2,1-3H3,(H,39,46)(H,40,48). The lowest BCUT2D eigenvalue weighted by atomic mass is 10.0. The first-order chi connectivity index (χ1) is 23.6. The second-order valence-corrected chi connectivity index (χ2v) is 12.1. The van der Waals surface area contributed by atoms with Crippen LogP contribution in [-0.4, -0.2) is 76.4 Å². The molecule has 0 spiro atoms. The number of nitrogens with one attached hydrogen (secondary N) is 3. The number of aromatic amines is 2. The van der Waals surface area contributed by atoms with Crippen LogP contribution in [0.5, 0.6) is 0 Å². The Labute approximate surface area is 281 Å². The Morgan fingerprint density at radius 3 is 2.41 bits per heavy atom. The van der Waals surface area contributed by atoms with Crippen LogP contribution in [0, 0.1) is 18.6 Å². The molecule has 1 aliphatic rings. The first kappa shape index (κ1) is 35.5. The van der Waals surface area contributed by atoms with E-state index in [4.69, 9.17) is 4.74 Å². The third kappa shape index (κ3) is 7.75. The van der Waals surface area contributed by atoms with Gasteiger partial charge in [0.15, 0.2) is 5.82 Å². The van der Waals surface area contributed by atoms with Crippen molar-refractivity contribution in [3.05, 3.63) is 95.4 Å². The summed E-state index contributed by atoms with van der Waals surface area (Å²) in [6.07, 6.45) is 2.03. The molecule has 49 heavy (non-hydrogen) atoms. The van der Waals surface area contributed by atoms with Crippen LogP contribution in [-0.2, 0) is 24.1 Å². The number of fused-ring (bicyclic) bond motifs is 1. The Bertz CT molecular complexity index is 1980. The third-order valence-corrected chi connectivity index (χ3v) is 8.91. The molecular weight excluding hydrogens is 638 g/mol. The largest absolute Gasteiger partial charge is 0.462 e. The number of H-pyrrole nitrogens is 2. The topological polar surface area (TPSA) is 153 Å². The lowest BCUT2D eigenvalue weighted by molar-refractivity contribution is 0.0523. The molecule has 4 N–H and O–H groups in total. The van der Waals surface area contributed by atoms with E-state index < -0.39 is 40.9 Å². The van der Waals surface area contributed by atoms with Gasteiger partial charge in [-0.25, -0.2) is 18.4 Å². The zero-order valence-electron chi connectivity index (χ0n) is 28.0. The molecule has 0 bridgehead atoms. The number of hydrogen-bond acceptors (Lipinski definition) is 9. The maximum Gasteiger partial charge on any atom is 0.343 e. The van der Waals surface area contributed by atoms with Crippen LogP contribution >= 0.6 is 0 Å². The summed E-state index contributed by atoms with van der Waals surface area (Å²) >= 11 is 0. The van der Waals surface area contributed by atoms with Crippen molar-refractivity contribution in [2.75, 3.05) is 56.2 Å². The maximum atomic E-state index is 15.8. The highest BCUT2D eigenvalue weighted by Crippen LogP contribution is 2.30. The number of aliphatic hydroxyl groups is 1. The Morgan fingerprint density at radius 1 is 1.00 bits per heavy atom. The van der Waals surface area contributed by atoms with E-state index >= 15 is 8.78 Å². The van der Waals surface area contributed by atoms with Crippen molar-refractivity contribution in [2.24, 2.45) is 0 Å². The van der Waals surface area contributed by atoms with Gasteiger partial charge in [0, 0.05) is 63.2 Å². The van der Waals surface area contributed by atoms with Crippen molar-refractivity contribution in [1.29, 1.82) is 0 Å². The Morgan fingerprint density at radius 2 is 1.73 bits per heavy atom. The molecule has 2 aromatic carbocycles. The lowest BCUT2D eigenvalue weighted by Crippen LogP contribution is -2.47. The number of esters is 1. The second kappa shape index (κ2) is 15.6. The van der Waals surface area contributed by atoms with Crippen LogP contribution in [0.25, 0.3) is 10.9 Å². The third-order valence-electron chi connectivity index (χ3n) is 8.91. The average molecular weight is 681 g/mol. The first-order valence-electron chi connectivity index (χ1n) is 16.6. The van der Waals surface area contributed by atoms with Crippen molar-refractivity contribution in [3.8, 4) is 0 Å². The number of benzene rings is 2. The fourth-order valence-electron chi connectivity index (χ4n) is 6.29.